The number of hydrogen-bond acceptors (Lipinski definition) is 3. The van der Waals surface area contributed by atoms with Gasteiger partial charge in [0.05, 0.1) is 0 Å². The second-order valence-electron chi connectivity index (χ2n) is 5.73. The van der Waals surface area contributed by atoms with Gasteiger partial charge in [0.2, 0.25) is 0 Å². The Morgan fingerprint density at radius 3 is 2.46 bits per heavy atom. The van der Waals surface area contributed by atoms with Gasteiger partial charge in [-0.3, -0.25) is 4.79 Å². The van der Waals surface area contributed by atoms with Crippen molar-refractivity contribution in [2.24, 2.45) is 0 Å². The summed E-state index contributed by atoms with van der Waals surface area (Å²) in [4.78, 5) is 14.3. The van der Waals surface area contributed by atoms with Gasteiger partial charge < -0.3 is 9.64 Å². The molecule has 0 amide bonds. The molecule has 2 aromatic rings. The van der Waals surface area contributed by atoms with E-state index in [4.69, 9.17) is 4.74 Å². The van der Waals surface area contributed by atoms with Crippen LogP contribution in [0.25, 0.3) is 11.1 Å². The van der Waals surface area contributed by atoms with Gasteiger partial charge in [-0.2, -0.15) is 0 Å². The van der Waals surface area contributed by atoms with Gasteiger partial charge in [0.1, 0.15) is 12.4 Å². The quantitative estimate of drug-likeness (QED) is 0.628. The van der Waals surface area contributed by atoms with E-state index in [1.54, 1.807) is 0 Å². The molecule has 0 aliphatic rings. The zero-order valence-electron chi connectivity index (χ0n) is 14.9. The van der Waals surface area contributed by atoms with Crippen molar-refractivity contribution in [3.63, 3.8) is 0 Å². The minimum Gasteiger partial charge on any atom is -0.492 e. The molecule has 0 fully saturated rings. The van der Waals surface area contributed by atoms with E-state index in [0.717, 1.165) is 42.1 Å². The third-order valence-electron chi connectivity index (χ3n) is 4.26. The maximum absolute atomic E-state index is 12.0. The molecule has 0 bridgehead atoms. The number of carbonyl (C=O) groups excluding carboxylic acids is 1. The fourth-order valence-electron chi connectivity index (χ4n) is 2.72. The van der Waals surface area contributed by atoms with Crippen LogP contribution in [0.5, 0.6) is 5.75 Å². The third kappa shape index (κ3) is 4.68. The van der Waals surface area contributed by atoms with Gasteiger partial charge in [0.25, 0.3) is 0 Å². The van der Waals surface area contributed by atoms with Gasteiger partial charge in [-0.15, -0.1) is 0 Å². The maximum atomic E-state index is 12.0. The topological polar surface area (TPSA) is 29.5 Å². The number of nitrogens with zero attached hydrogens (tertiary/aromatic N) is 1. The van der Waals surface area contributed by atoms with E-state index < -0.39 is 0 Å². The molecule has 2 aromatic carbocycles. The Kier molecular flexibility index (Phi) is 7.01. The predicted octanol–water partition coefficient (Wildman–Crippen LogP) is 4.67. The lowest BCUT2D eigenvalue weighted by molar-refractivity contribution is 0.0988. The number of carbonyl (C=O) groups is 1. The van der Waals surface area contributed by atoms with Crippen LogP contribution in [0.15, 0.2) is 48.5 Å². The SMILES string of the molecule is CCC(=O)c1cccc(-c2ccccc2OCCN(CC)CC)c1. The first-order valence-corrected chi connectivity index (χ1v) is 8.77. The first-order chi connectivity index (χ1) is 11.7. The molecule has 0 radical (unpaired) electrons. The molecule has 128 valence electrons. The molecule has 3 heteroatoms. The van der Waals surface area contributed by atoms with Crippen LogP contribution >= 0.6 is 0 Å². The first-order valence-electron chi connectivity index (χ1n) is 8.77. The van der Waals surface area contributed by atoms with Crippen molar-refractivity contribution in [2.75, 3.05) is 26.2 Å². The second-order valence-corrected chi connectivity index (χ2v) is 5.73. The van der Waals surface area contributed by atoms with E-state index in [-0.39, 0.29) is 5.78 Å². The molecule has 0 atom stereocenters. The molecule has 24 heavy (non-hydrogen) atoms. The van der Waals surface area contributed by atoms with E-state index in [2.05, 4.69) is 18.7 Å². The van der Waals surface area contributed by atoms with Crippen molar-refractivity contribution in [1.82, 2.24) is 4.90 Å². The molecule has 2 rings (SSSR count). The van der Waals surface area contributed by atoms with E-state index in [0.29, 0.717) is 13.0 Å². The Morgan fingerprint density at radius 1 is 1.00 bits per heavy atom. The Bertz CT molecular complexity index is 662. The number of hydrogen-bond donors (Lipinski definition) is 0. The Balaban J connectivity index is 2.18. The molecule has 3 nitrogen and oxygen atoms in total. The van der Waals surface area contributed by atoms with E-state index in [1.165, 1.54) is 0 Å². The predicted molar refractivity (Wildman–Crippen MR) is 99.8 cm³/mol. The highest BCUT2D eigenvalue weighted by atomic mass is 16.5. The standard InChI is InChI=1S/C21H27NO2/c1-4-20(23)18-11-9-10-17(16-18)19-12-7-8-13-21(19)24-15-14-22(5-2)6-3/h7-13,16H,4-6,14-15H2,1-3H3. The first kappa shape index (κ1) is 18.2. The van der Waals surface area contributed by atoms with Gasteiger partial charge in [0.15, 0.2) is 5.78 Å². The fraction of sp³-hybridized carbons (Fsp3) is 0.381. The smallest absolute Gasteiger partial charge is 0.162 e. The van der Waals surface area contributed by atoms with Crippen LogP contribution in [0.1, 0.15) is 37.6 Å². The van der Waals surface area contributed by atoms with Crippen molar-refractivity contribution in [3.8, 4) is 16.9 Å². The minimum absolute atomic E-state index is 0.164. The number of Topliss-reactive ketones (excluding diaryl/α,β-unsaturated/α-hetero) is 1. The Morgan fingerprint density at radius 2 is 1.75 bits per heavy atom. The zero-order valence-corrected chi connectivity index (χ0v) is 14.9. The summed E-state index contributed by atoms with van der Waals surface area (Å²) in [5, 5.41) is 0. The molecule has 0 spiro atoms. The van der Waals surface area contributed by atoms with Gasteiger partial charge in [-0.1, -0.05) is 57.2 Å². The molecule has 0 saturated carbocycles. The van der Waals surface area contributed by atoms with Crippen LogP contribution in [-0.2, 0) is 0 Å². The highest BCUT2D eigenvalue weighted by molar-refractivity contribution is 5.97. The summed E-state index contributed by atoms with van der Waals surface area (Å²) in [6, 6.07) is 15.8. The number of para-hydroxylation sites is 1. The molecule has 0 aromatic heterocycles. The van der Waals surface area contributed by atoms with Gasteiger partial charge in [0, 0.05) is 24.1 Å². The largest absolute Gasteiger partial charge is 0.492 e. The summed E-state index contributed by atoms with van der Waals surface area (Å²) in [5.74, 6) is 1.03. The molecule has 0 heterocycles. The zero-order chi connectivity index (χ0) is 17.4. The average Bonchev–Trinajstić information content (AvgIpc) is 2.65. The second kappa shape index (κ2) is 9.24. The average molecular weight is 325 g/mol. The summed E-state index contributed by atoms with van der Waals surface area (Å²) < 4.78 is 6.03. The van der Waals surface area contributed by atoms with Crippen LogP contribution in [0.3, 0.4) is 0 Å². The minimum atomic E-state index is 0.164. The lowest BCUT2D eigenvalue weighted by atomic mass is 10.00. The maximum Gasteiger partial charge on any atom is 0.162 e. The molecule has 0 N–H and O–H groups in total. The van der Waals surface area contributed by atoms with E-state index >= 15 is 0 Å². The van der Waals surface area contributed by atoms with Gasteiger partial charge in [-0.25, -0.2) is 0 Å². The lowest BCUT2D eigenvalue weighted by Crippen LogP contribution is -2.27. The van der Waals surface area contributed by atoms with Crippen LogP contribution < -0.4 is 4.74 Å². The third-order valence-corrected chi connectivity index (χ3v) is 4.26. The van der Waals surface area contributed by atoms with Crippen molar-refractivity contribution in [1.29, 1.82) is 0 Å². The number of rotatable bonds is 9. The monoisotopic (exact) mass is 325 g/mol. The van der Waals surface area contributed by atoms with Crippen LogP contribution in [0, 0.1) is 0 Å². The number of ether oxygens (including phenoxy) is 1. The normalized spacial score (nSPS) is 10.8. The van der Waals surface area contributed by atoms with Crippen molar-refractivity contribution in [3.05, 3.63) is 54.1 Å². The summed E-state index contributed by atoms with van der Waals surface area (Å²) in [5.41, 5.74) is 2.81. The Labute approximate surface area is 145 Å². The van der Waals surface area contributed by atoms with Crippen LogP contribution in [0.4, 0.5) is 0 Å². The fourth-order valence-corrected chi connectivity index (χ4v) is 2.72. The van der Waals surface area contributed by atoms with E-state index in [1.807, 2.05) is 55.5 Å². The highest BCUT2D eigenvalue weighted by Gasteiger charge is 2.09. The van der Waals surface area contributed by atoms with E-state index in [9.17, 15) is 4.79 Å². The molecule has 0 aliphatic carbocycles. The van der Waals surface area contributed by atoms with Crippen molar-refractivity contribution < 1.29 is 9.53 Å². The molecular weight excluding hydrogens is 298 g/mol. The van der Waals surface area contributed by atoms with Crippen LogP contribution in [-0.4, -0.2) is 36.9 Å². The molecular formula is C21H27NO2. The number of ketones is 1. The molecule has 0 saturated heterocycles. The summed E-state index contributed by atoms with van der Waals surface area (Å²) in [6.45, 7) is 9.84. The van der Waals surface area contributed by atoms with Crippen molar-refractivity contribution >= 4 is 5.78 Å². The summed E-state index contributed by atoms with van der Waals surface area (Å²) >= 11 is 0. The molecule has 0 unspecified atom stereocenters. The summed E-state index contributed by atoms with van der Waals surface area (Å²) in [6.07, 6.45) is 0.519. The van der Waals surface area contributed by atoms with Crippen molar-refractivity contribution in [2.45, 2.75) is 27.2 Å². The Hall–Kier alpha value is -2.13. The number of benzene rings is 2. The van der Waals surface area contributed by atoms with Crippen LogP contribution in [0.2, 0.25) is 0 Å². The molecule has 0 aliphatic heterocycles. The summed E-state index contributed by atoms with van der Waals surface area (Å²) in [7, 11) is 0. The van der Waals surface area contributed by atoms with Gasteiger partial charge in [-0.05, 0) is 30.8 Å². The lowest BCUT2D eigenvalue weighted by Gasteiger charge is -2.19. The van der Waals surface area contributed by atoms with Gasteiger partial charge >= 0.3 is 0 Å². The highest BCUT2D eigenvalue weighted by Crippen LogP contribution is 2.30. The number of likely N-dealkylation sites (N-methyl/N-ethyl adjacent to an activating group) is 1.